The van der Waals surface area contributed by atoms with Gasteiger partial charge >= 0.3 is 0 Å². The van der Waals surface area contributed by atoms with Gasteiger partial charge in [-0.2, -0.15) is 0 Å². The Kier molecular flexibility index (Phi) is 5.83. The Morgan fingerprint density at radius 2 is 1.79 bits per heavy atom. The summed E-state index contributed by atoms with van der Waals surface area (Å²) < 4.78 is 0. The summed E-state index contributed by atoms with van der Waals surface area (Å²) in [5.74, 6) is 0.0652. The molecule has 1 rings (SSSR count). The first-order valence-electron chi connectivity index (χ1n) is 6.90. The van der Waals surface area contributed by atoms with Crippen LogP contribution in [0, 0.1) is 5.41 Å². The van der Waals surface area contributed by atoms with Gasteiger partial charge in [-0.3, -0.25) is 4.79 Å². The van der Waals surface area contributed by atoms with E-state index in [1.807, 2.05) is 38.1 Å². The number of anilines is 1. The van der Waals surface area contributed by atoms with Crippen LogP contribution in [0.5, 0.6) is 0 Å². The molecular formula is C15H25N3O. The van der Waals surface area contributed by atoms with Crippen LogP contribution in [0.4, 0.5) is 5.69 Å². The van der Waals surface area contributed by atoms with E-state index in [1.165, 1.54) is 5.56 Å². The van der Waals surface area contributed by atoms with E-state index in [-0.39, 0.29) is 5.91 Å². The lowest BCUT2D eigenvalue weighted by molar-refractivity contribution is -0.131. The van der Waals surface area contributed by atoms with Gasteiger partial charge in [-0.25, -0.2) is 0 Å². The van der Waals surface area contributed by atoms with Gasteiger partial charge in [-0.05, 0) is 37.0 Å². The predicted molar refractivity (Wildman–Crippen MR) is 79.6 cm³/mol. The van der Waals surface area contributed by atoms with Crippen molar-refractivity contribution in [2.45, 2.75) is 33.1 Å². The number of hydrogen-bond donors (Lipinski definition) is 3. The summed E-state index contributed by atoms with van der Waals surface area (Å²) in [6, 6.07) is 7.72. The van der Waals surface area contributed by atoms with Gasteiger partial charge in [-0.15, -0.1) is 0 Å². The minimum absolute atomic E-state index is 0.0652. The van der Waals surface area contributed by atoms with Gasteiger partial charge in [0.15, 0.2) is 0 Å². The number of amides is 1. The van der Waals surface area contributed by atoms with Crippen LogP contribution in [0.1, 0.15) is 32.3 Å². The number of nitrogens with two attached hydrogens (primary N) is 2. The molecule has 0 heterocycles. The number of carbonyl (C=O) groups is 1. The molecule has 1 amide bonds. The summed E-state index contributed by atoms with van der Waals surface area (Å²) in [5, 5.41) is 2.99. The summed E-state index contributed by atoms with van der Waals surface area (Å²) in [6.07, 6.45) is 2.35. The molecule has 4 heteroatoms. The monoisotopic (exact) mass is 263 g/mol. The molecule has 0 aliphatic heterocycles. The maximum atomic E-state index is 12.2. The fraction of sp³-hybridized carbons (Fsp3) is 0.533. The van der Waals surface area contributed by atoms with Crippen molar-refractivity contribution in [1.82, 2.24) is 5.32 Å². The SMILES string of the molecule is CCC(CC)(CN)C(=O)NCCc1ccc(N)cc1. The molecule has 5 N–H and O–H groups in total. The van der Waals surface area contributed by atoms with Crippen LogP contribution in [0.25, 0.3) is 0 Å². The molecule has 0 saturated heterocycles. The third-order valence-electron chi connectivity index (χ3n) is 3.90. The summed E-state index contributed by atoms with van der Waals surface area (Å²) in [5.41, 5.74) is 12.9. The normalized spacial score (nSPS) is 11.3. The second-order valence-corrected chi connectivity index (χ2v) is 4.94. The first-order valence-corrected chi connectivity index (χ1v) is 6.90. The van der Waals surface area contributed by atoms with Crippen molar-refractivity contribution >= 4 is 11.6 Å². The molecule has 0 fully saturated rings. The Morgan fingerprint density at radius 1 is 1.21 bits per heavy atom. The molecule has 0 aromatic heterocycles. The van der Waals surface area contributed by atoms with Gasteiger partial charge in [0.2, 0.25) is 5.91 Å². The molecule has 4 nitrogen and oxygen atoms in total. The summed E-state index contributed by atoms with van der Waals surface area (Å²) >= 11 is 0. The summed E-state index contributed by atoms with van der Waals surface area (Å²) in [4.78, 5) is 12.2. The molecule has 0 aliphatic carbocycles. The number of hydrogen-bond acceptors (Lipinski definition) is 3. The van der Waals surface area contributed by atoms with Crippen LogP contribution in [0.15, 0.2) is 24.3 Å². The van der Waals surface area contributed by atoms with E-state index in [9.17, 15) is 4.79 Å². The Labute approximate surface area is 115 Å². The average molecular weight is 263 g/mol. The van der Waals surface area contributed by atoms with Crippen molar-refractivity contribution < 1.29 is 4.79 Å². The van der Waals surface area contributed by atoms with Gasteiger partial charge in [0.05, 0.1) is 5.41 Å². The molecule has 1 aromatic rings. The zero-order chi connectivity index (χ0) is 14.3. The predicted octanol–water partition coefficient (Wildman–Crippen LogP) is 1.69. The van der Waals surface area contributed by atoms with Gasteiger partial charge < -0.3 is 16.8 Å². The minimum atomic E-state index is -0.416. The van der Waals surface area contributed by atoms with Crippen LogP contribution < -0.4 is 16.8 Å². The fourth-order valence-electron chi connectivity index (χ4n) is 2.14. The van der Waals surface area contributed by atoms with E-state index in [4.69, 9.17) is 11.5 Å². The zero-order valence-corrected chi connectivity index (χ0v) is 11.9. The summed E-state index contributed by atoms with van der Waals surface area (Å²) in [7, 11) is 0. The molecule has 0 bridgehead atoms. The highest BCUT2D eigenvalue weighted by molar-refractivity contribution is 5.82. The Hall–Kier alpha value is -1.55. The van der Waals surface area contributed by atoms with Gasteiger partial charge in [0.1, 0.15) is 0 Å². The van der Waals surface area contributed by atoms with E-state index in [0.29, 0.717) is 13.1 Å². The molecule has 0 radical (unpaired) electrons. The highest BCUT2D eigenvalue weighted by Crippen LogP contribution is 2.24. The molecule has 19 heavy (non-hydrogen) atoms. The van der Waals surface area contributed by atoms with Crippen molar-refractivity contribution in [1.29, 1.82) is 0 Å². The van der Waals surface area contributed by atoms with Crippen LogP contribution in [0.2, 0.25) is 0 Å². The number of nitrogen functional groups attached to an aromatic ring is 1. The van der Waals surface area contributed by atoms with Crippen molar-refractivity contribution in [2.24, 2.45) is 11.1 Å². The van der Waals surface area contributed by atoms with E-state index in [0.717, 1.165) is 24.9 Å². The van der Waals surface area contributed by atoms with E-state index in [1.54, 1.807) is 0 Å². The third kappa shape index (κ3) is 3.96. The molecule has 0 spiro atoms. The van der Waals surface area contributed by atoms with E-state index >= 15 is 0 Å². The maximum Gasteiger partial charge on any atom is 0.227 e. The molecular weight excluding hydrogens is 238 g/mol. The lowest BCUT2D eigenvalue weighted by Gasteiger charge is -2.28. The topological polar surface area (TPSA) is 81.1 Å². The van der Waals surface area contributed by atoms with Gasteiger partial charge in [-0.1, -0.05) is 26.0 Å². The molecule has 1 aromatic carbocycles. The van der Waals surface area contributed by atoms with Gasteiger partial charge in [0, 0.05) is 18.8 Å². The van der Waals surface area contributed by atoms with Crippen molar-refractivity contribution in [3.8, 4) is 0 Å². The largest absolute Gasteiger partial charge is 0.399 e. The second-order valence-electron chi connectivity index (χ2n) is 4.94. The van der Waals surface area contributed by atoms with Crippen LogP contribution in [-0.4, -0.2) is 19.0 Å². The number of nitrogens with one attached hydrogen (secondary N) is 1. The Bertz CT molecular complexity index is 388. The van der Waals surface area contributed by atoms with E-state index < -0.39 is 5.41 Å². The first kappa shape index (κ1) is 15.5. The quantitative estimate of drug-likeness (QED) is 0.655. The second kappa shape index (κ2) is 7.14. The van der Waals surface area contributed by atoms with Crippen molar-refractivity contribution in [3.05, 3.63) is 29.8 Å². The number of rotatable bonds is 7. The minimum Gasteiger partial charge on any atom is -0.399 e. The maximum absolute atomic E-state index is 12.2. The number of benzene rings is 1. The van der Waals surface area contributed by atoms with Crippen molar-refractivity contribution in [2.75, 3.05) is 18.8 Å². The lowest BCUT2D eigenvalue weighted by atomic mass is 9.81. The van der Waals surface area contributed by atoms with Gasteiger partial charge in [0.25, 0.3) is 0 Å². The van der Waals surface area contributed by atoms with Crippen LogP contribution >= 0.6 is 0 Å². The third-order valence-corrected chi connectivity index (χ3v) is 3.90. The molecule has 0 atom stereocenters. The number of carbonyl (C=O) groups excluding carboxylic acids is 1. The molecule has 106 valence electrons. The van der Waals surface area contributed by atoms with E-state index in [2.05, 4.69) is 5.32 Å². The summed E-state index contributed by atoms with van der Waals surface area (Å²) in [6.45, 7) is 5.05. The molecule has 0 saturated carbocycles. The molecule has 0 unspecified atom stereocenters. The zero-order valence-electron chi connectivity index (χ0n) is 11.9. The smallest absolute Gasteiger partial charge is 0.227 e. The average Bonchev–Trinajstić information content (AvgIpc) is 2.44. The molecule has 0 aliphatic rings. The Morgan fingerprint density at radius 3 is 2.26 bits per heavy atom. The Balaban J connectivity index is 2.48. The highest BCUT2D eigenvalue weighted by Gasteiger charge is 2.32. The fourth-order valence-corrected chi connectivity index (χ4v) is 2.14. The van der Waals surface area contributed by atoms with Crippen molar-refractivity contribution in [3.63, 3.8) is 0 Å². The van der Waals surface area contributed by atoms with Crippen LogP contribution in [0.3, 0.4) is 0 Å². The standard InChI is InChI=1S/C15H25N3O/c1-3-15(4-2,11-16)14(19)18-10-9-12-5-7-13(17)8-6-12/h5-8H,3-4,9-11,16-17H2,1-2H3,(H,18,19). The van der Waals surface area contributed by atoms with Crippen LogP contribution in [-0.2, 0) is 11.2 Å². The highest BCUT2D eigenvalue weighted by atomic mass is 16.2. The first-order chi connectivity index (χ1) is 9.07. The lowest BCUT2D eigenvalue weighted by Crippen LogP contribution is -2.45.